The number of carbonyl (C=O) groups is 1. The number of hydrogen-bond donors (Lipinski definition) is 2. The molecule has 0 aromatic heterocycles. The predicted molar refractivity (Wildman–Crippen MR) is 83.3 cm³/mol. The summed E-state index contributed by atoms with van der Waals surface area (Å²) in [4.78, 5) is 11.1. The SMILES string of the molecule is Cc1cccc(C)c1NCCOc1ccccc1C(=O)O. The van der Waals surface area contributed by atoms with Crippen LogP contribution in [-0.2, 0) is 0 Å². The van der Waals surface area contributed by atoms with Crippen LogP contribution >= 0.6 is 0 Å². The van der Waals surface area contributed by atoms with Crippen molar-refractivity contribution in [2.24, 2.45) is 0 Å². The van der Waals surface area contributed by atoms with Crippen LogP contribution in [0.2, 0.25) is 0 Å². The van der Waals surface area contributed by atoms with Crippen molar-refractivity contribution in [3.8, 4) is 5.75 Å². The normalized spacial score (nSPS) is 10.2. The van der Waals surface area contributed by atoms with Gasteiger partial charge < -0.3 is 15.2 Å². The molecule has 0 fully saturated rings. The van der Waals surface area contributed by atoms with Crippen LogP contribution in [0.15, 0.2) is 42.5 Å². The summed E-state index contributed by atoms with van der Waals surface area (Å²) in [5, 5.41) is 12.4. The second-order valence-electron chi connectivity index (χ2n) is 4.84. The van der Waals surface area contributed by atoms with Gasteiger partial charge in [-0.3, -0.25) is 0 Å². The number of aromatic carboxylic acids is 1. The van der Waals surface area contributed by atoms with Crippen LogP contribution in [0, 0.1) is 13.8 Å². The molecule has 0 radical (unpaired) electrons. The van der Waals surface area contributed by atoms with Gasteiger partial charge in [-0.15, -0.1) is 0 Å². The molecule has 110 valence electrons. The summed E-state index contributed by atoms with van der Waals surface area (Å²) in [5.41, 5.74) is 3.65. The molecule has 4 heteroatoms. The molecule has 0 atom stereocenters. The molecule has 0 aliphatic carbocycles. The summed E-state index contributed by atoms with van der Waals surface area (Å²) in [6.07, 6.45) is 0. The molecule has 0 aliphatic rings. The van der Waals surface area contributed by atoms with E-state index >= 15 is 0 Å². The minimum Gasteiger partial charge on any atom is -0.491 e. The summed E-state index contributed by atoms with van der Waals surface area (Å²) >= 11 is 0. The Morgan fingerprint density at radius 1 is 1.10 bits per heavy atom. The molecule has 0 amide bonds. The molecule has 0 aliphatic heterocycles. The molecular weight excluding hydrogens is 266 g/mol. The zero-order chi connectivity index (χ0) is 15.2. The number of hydrogen-bond acceptors (Lipinski definition) is 3. The third kappa shape index (κ3) is 3.75. The van der Waals surface area contributed by atoms with Gasteiger partial charge in [-0.2, -0.15) is 0 Å². The third-order valence-electron chi connectivity index (χ3n) is 3.26. The second-order valence-corrected chi connectivity index (χ2v) is 4.84. The van der Waals surface area contributed by atoms with E-state index in [2.05, 4.69) is 31.3 Å². The second kappa shape index (κ2) is 6.79. The highest BCUT2D eigenvalue weighted by Crippen LogP contribution is 2.20. The number of ether oxygens (including phenoxy) is 1. The fourth-order valence-electron chi connectivity index (χ4n) is 2.20. The van der Waals surface area contributed by atoms with Crippen LogP contribution in [0.5, 0.6) is 5.75 Å². The first-order chi connectivity index (χ1) is 10.1. The number of carboxylic acid groups (broad SMARTS) is 1. The summed E-state index contributed by atoms with van der Waals surface area (Å²) in [6.45, 7) is 5.11. The maximum Gasteiger partial charge on any atom is 0.339 e. The van der Waals surface area contributed by atoms with E-state index in [1.807, 2.05) is 6.07 Å². The summed E-state index contributed by atoms with van der Waals surface area (Å²) in [6, 6.07) is 12.8. The number of carboxylic acids is 1. The van der Waals surface area contributed by atoms with Gasteiger partial charge in [0.1, 0.15) is 17.9 Å². The standard InChI is InChI=1S/C17H19NO3/c1-12-6-5-7-13(2)16(12)18-10-11-21-15-9-4-3-8-14(15)17(19)20/h3-9,18H,10-11H2,1-2H3,(H,19,20). The highest BCUT2D eigenvalue weighted by Gasteiger charge is 2.09. The maximum absolute atomic E-state index is 11.1. The molecule has 0 unspecified atom stereocenters. The van der Waals surface area contributed by atoms with E-state index in [0.29, 0.717) is 18.9 Å². The van der Waals surface area contributed by atoms with Gasteiger partial charge in [0.05, 0.1) is 0 Å². The first-order valence-corrected chi connectivity index (χ1v) is 6.85. The molecule has 0 saturated heterocycles. The van der Waals surface area contributed by atoms with Crippen molar-refractivity contribution >= 4 is 11.7 Å². The van der Waals surface area contributed by atoms with Gasteiger partial charge in [-0.05, 0) is 37.1 Å². The van der Waals surface area contributed by atoms with Crippen molar-refractivity contribution in [2.75, 3.05) is 18.5 Å². The molecular formula is C17H19NO3. The Hall–Kier alpha value is -2.49. The lowest BCUT2D eigenvalue weighted by Gasteiger charge is -2.13. The van der Waals surface area contributed by atoms with E-state index in [0.717, 1.165) is 5.69 Å². The average molecular weight is 285 g/mol. The van der Waals surface area contributed by atoms with E-state index in [-0.39, 0.29) is 5.56 Å². The summed E-state index contributed by atoms with van der Waals surface area (Å²) in [7, 11) is 0. The van der Waals surface area contributed by atoms with Gasteiger partial charge in [0.2, 0.25) is 0 Å². The zero-order valence-corrected chi connectivity index (χ0v) is 12.2. The molecule has 2 aromatic rings. The first kappa shape index (κ1) is 14.9. The van der Waals surface area contributed by atoms with Crippen LogP contribution in [0.25, 0.3) is 0 Å². The van der Waals surface area contributed by atoms with Gasteiger partial charge >= 0.3 is 5.97 Å². The van der Waals surface area contributed by atoms with Crippen LogP contribution in [-0.4, -0.2) is 24.2 Å². The Bertz CT molecular complexity index is 617. The van der Waals surface area contributed by atoms with Crippen LogP contribution in [0.3, 0.4) is 0 Å². The highest BCUT2D eigenvalue weighted by molar-refractivity contribution is 5.90. The van der Waals surface area contributed by atoms with E-state index in [1.54, 1.807) is 18.2 Å². The van der Waals surface area contributed by atoms with Crippen LogP contribution < -0.4 is 10.1 Å². The van der Waals surface area contributed by atoms with Crippen molar-refractivity contribution in [1.82, 2.24) is 0 Å². The molecule has 2 aromatic carbocycles. The smallest absolute Gasteiger partial charge is 0.339 e. The molecule has 2 N–H and O–H groups in total. The fraction of sp³-hybridized carbons (Fsp3) is 0.235. The lowest BCUT2D eigenvalue weighted by atomic mass is 10.1. The summed E-state index contributed by atoms with van der Waals surface area (Å²) in [5.74, 6) is -0.582. The van der Waals surface area contributed by atoms with E-state index in [4.69, 9.17) is 9.84 Å². The molecule has 0 spiro atoms. The fourth-order valence-corrected chi connectivity index (χ4v) is 2.20. The quantitative estimate of drug-likeness (QED) is 0.798. The average Bonchev–Trinajstić information content (AvgIpc) is 2.46. The zero-order valence-electron chi connectivity index (χ0n) is 12.2. The van der Waals surface area contributed by atoms with Gasteiger partial charge in [-0.1, -0.05) is 30.3 Å². The monoisotopic (exact) mass is 285 g/mol. The van der Waals surface area contributed by atoms with E-state index in [9.17, 15) is 4.79 Å². The number of aryl methyl sites for hydroxylation is 2. The third-order valence-corrected chi connectivity index (χ3v) is 3.26. The Morgan fingerprint density at radius 3 is 2.43 bits per heavy atom. The Balaban J connectivity index is 1.92. The van der Waals surface area contributed by atoms with Crippen molar-refractivity contribution in [3.63, 3.8) is 0 Å². The number of nitrogens with one attached hydrogen (secondary N) is 1. The first-order valence-electron chi connectivity index (χ1n) is 6.85. The van der Waals surface area contributed by atoms with Gasteiger partial charge in [0.15, 0.2) is 0 Å². The number of benzene rings is 2. The molecule has 0 saturated carbocycles. The lowest BCUT2D eigenvalue weighted by Crippen LogP contribution is -2.14. The maximum atomic E-state index is 11.1. The molecule has 21 heavy (non-hydrogen) atoms. The highest BCUT2D eigenvalue weighted by atomic mass is 16.5. The van der Waals surface area contributed by atoms with Crippen molar-refractivity contribution in [3.05, 3.63) is 59.2 Å². The molecule has 2 rings (SSSR count). The summed E-state index contributed by atoms with van der Waals surface area (Å²) < 4.78 is 5.56. The largest absolute Gasteiger partial charge is 0.491 e. The minimum atomic E-state index is -0.978. The number of rotatable bonds is 6. The van der Waals surface area contributed by atoms with E-state index in [1.165, 1.54) is 17.2 Å². The van der Waals surface area contributed by atoms with Crippen molar-refractivity contribution < 1.29 is 14.6 Å². The van der Waals surface area contributed by atoms with E-state index < -0.39 is 5.97 Å². The number of anilines is 1. The number of para-hydroxylation sites is 2. The lowest BCUT2D eigenvalue weighted by molar-refractivity contribution is 0.0692. The van der Waals surface area contributed by atoms with Gasteiger partial charge in [-0.25, -0.2) is 4.79 Å². The Morgan fingerprint density at radius 2 is 1.76 bits per heavy atom. The van der Waals surface area contributed by atoms with Crippen molar-refractivity contribution in [2.45, 2.75) is 13.8 Å². The van der Waals surface area contributed by atoms with Gasteiger partial charge in [0, 0.05) is 12.2 Å². The molecule has 0 heterocycles. The molecule has 4 nitrogen and oxygen atoms in total. The Kier molecular flexibility index (Phi) is 4.82. The van der Waals surface area contributed by atoms with Gasteiger partial charge in [0.25, 0.3) is 0 Å². The van der Waals surface area contributed by atoms with Crippen molar-refractivity contribution in [1.29, 1.82) is 0 Å². The minimum absolute atomic E-state index is 0.185. The topological polar surface area (TPSA) is 58.6 Å². The van der Waals surface area contributed by atoms with Crippen LogP contribution in [0.4, 0.5) is 5.69 Å². The molecule has 0 bridgehead atoms. The Labute approximate surface area is 124 Å². The predicted octanol–water partition coefficient (Wildman–Crippen LogP) is 3.49. The van der Waals surface area contributed by atoms with Crippen LogP contribution in [0.1, 0.15) is 21.5 Å².